The van der Waals surface area contributed by atoms with Crippen LogP contribution in [0.2, 0.25) is 0 Å². The fraction of sp³-hybridized carbons (Fsp3) is 0.158. The molecule has 24 heavy (non-hydrogen) atoms. The molecule has 1 aliphatic rings. The Morgan fingerprint density at radius 2 is 1.62 bits per heavy atom. The number of carbonyl (C=O) groups is 1. The SMILES string of the molecule is O=C1OCC[C@H]1Sc1nc(-c2ccccc2)c(-c2ccccc2)o1. The lowest BCUT2D eigenvalue weighted by Crippen LogP contribution is -2.09. The van der Waals surface area contributed by atoms with Crippen molar-refractivity contribution >= 4 is 17.7 Å². The molecule has 120 valence electrons. The van der Waals surface area contributed by atoms with Crippen LogP contribution in [-0.4, -0.2) is 22.8 Å². The molecule has 0 aliphatic carbocycles. The van der Waals surface area contributed by atoms with Crippen molar-refractivity contribution in [2.45, 2.75) is 16.9 Å². The van der Waals surface area contributed by atoms with Gasteiger partial charge >= 0.3 is 5.97 Å². The first-order chi connectivity index (χ1) is 11.8. The van der Waals surface area contributed by atoms with Crippen molar-refractivity contribution in [3.8, 4) is 22.6 Å². The Morgan fingerprint density at radius 1 is 0.958 bits per heavy atom. The average molecular weight is 337 g/mol. The van der Waals surface area contributed by atoms with Gasteiger partial charge < -0.3 is 9.15 Å². The van der Waals surface area contributed by atoms with E-state index < -0.39 is 0 Å². The minimum absolute atomic E-state index is 0.194. The summed E-state index contributed by atoms with van der Waals surface area (Å²) in [6, 6.07) is 19.8. The summed E-state index contributed by atoms with van der Waals surface area (Å²) in [7, 11) is 0. The molecule has 1 saturated heterocycles. The van der Waals surface area contributed by atoms with Gasteiger partial charge in [0.25, 0.3) is 5.22 Å². The Hall–Kier alpha value is -2.53. The van der Waals surface area contributed by atoms with Gasteiger partial charge in [0.15, 0.2) is 5.76 Å². The van der Waals surface area contributed by atoms with E-state index in [2.05, 4.69) is 4.98 Å². The molecular formula is C19H15NO3S. The third kappa shape index (κ3) is 2.95. The number of aromatic nitrogens is 1. The lowest BCUT2D eigenvalue weighted by molar-refractivity contribution is -0.137. The molecular weight excluding hydrogens is 322 g/mol. The highest BCUT2D eigenvalue weighted by Crippen LogP contribution is 2.38. The molecule has 1 aliphatic heterocycles. The quantitative estimate of drug-likeness (QED) is 0.660. The van der Waals surface area contributed by atoms with Crippen LogP contribution < -0.4 is 0 Å². The van der Waals surface area contributed by atoms with Gasteiger partial charge in [0.1, 0.15) is 10.9 Å². The molecule has 0 N–H and O–H groups in total. The number of benzene rings is 2. The van der Waals surface area contributed by atoms with Crippen molar-refractivity contribution < 1.29 is 13.9 Å². The number of nitrogens with zero attached hydrogens (tertiary/aromatic N) is 1. The number of oxazole rings is 1. The molecule has 4 rings (SSSR count). The summed E-state index contributed by atoms with van der Waals surface area (Å²) in [5.41, 5.74) is 2.74. The van der Waals surface area contributed by atoms with Gasteiger partial charge in [0, 0.05) is 17.5 Å². The summed E-state index contributed by atoms with van der Waals surface area (Å²) in [6.45, 7) is 0.467. The zero-order chi connectivity index (χ0) is 16.4. The molecule has 1 atom stereocenters. The van der Waals surface area contributed by atoms with Crippen molar-refractivity contribution in [1.29, 1.82) is 0 Å². The van der Waals surface area contributed by atoms with Crippen LogP contribution in [0.4, 0.5) is 0 Å². The number of esters is 1. The predicted octanol–water partition coefficient (Wildman–Crippen LogP) is 4.42. The number of thioether (sulfide) groups is 1. The van der Waals surface area contributed by atoms with Crippen molar-refractivity contribution in [2.75, 3.05) is 6.61 Å². The highest BCUT2D eigenvalue weighted by atomic mass is 32.2. The van der Waals surface area contributed by atoms with Crippen LogP contribution >= 0.6 is 11.8 Å². The maximum atomic E-state index is 11.7. The first kappa shape index (κ1) is 15.0. The summed E-state index contributed by atoms with van der Waals surface area (Å²) in [6.07, 6.45) is 0.688. The Labute approximate surface area is 143 Å². The van der Waals surface area contributed by atoms with Crippen molar-refractivity contribution in [3.63, 3.8) is 0 Å². The Morgan fingerprint density at radius 3 is 2.25 bits per heavy atom. The van der Waals surface area contributed by atoms with Gasteiger partial charge in [-0.3, -0.25) is 4.79 Å². The van der Waals surface area contributed by atoms with Crippen LogP contribution in [0.3, 0.4) is 0 Å². The largest absolute Gasteiger partial charge is 0.465 e. The van der Waals surface area contributed by atoms with Crippen molar-refractivity contribution in [2.24, 2.45) is 0 Å². The van der Waals surface area contributed by atoms with Gasteiger partial charge in [-0.15, -0.1) is 0 Å². The predicted molar refractivity (Wildman–Crippen MR) is 92.6 cm³/mol. The van der Waals surface area contributed by atoms with Crippen LogP contribution in [-0.2, 0) is 9.53 Å². The van der Waals surface area contributed by atoms with E-state index in [1.54, 1.807) is 0 Å². The number of rotatable bonds is 4. The molecule has 4 nitrogen and oxygen atoms in total. The maximum Gasteiger partial charge on any atom is 0.319 e. The Kier molecular flexibility index (Phi) is 4.09. The highest BCUT2D eigenvalue weighted by Gasteiger charge is 2.30. The second-order valence-electron chi connectivity index (χ2n) is 5.45. The first-order valence-corrected chi connectivity index (χ1v) is 8.64. The van der Waals surface area contributed by atoms with Crippen LogP contribution in [0.25, 0.3) is 22.6 Å². The highest BCUT2D eigenvalue weighted by molar-refractivity contribution is 8.00. The molecule has 0 spiro atoms. The summed E-state index contributed by atoms with van der Waals surface area (Å²) in [5.74, 6) is 0.524. The standard InChI is InChI=1S/C19H15NO3S/c21-18-15(11-12-22-18)24-19-20-16(13-7-3-1-4-8-13)17(23-19)14-9-5-2-6-10-14/h1-10,15H,11-12H2/t15-/m1/s1. The monoisotopic (exact) mass is 337 g/mol. The first-order valence-electron chi connectivity index (χ1n) is 7.76. The fourth-order valence-corrected chi connectivity index (χ4v) is 3.53. The van der Waals surface area contributed by atoms with E-state index in [0.29, 0.717) is 18.3 Å². The summed E-state index contributed by atoms with van der Waals surface area (Å²) < 4.78 is 11.0. The van der Waals surface area contributed by atoms with Crippen molar-refractivity contribution in [3.05, 3.63) is 60.7 Å². The molecule has 1 fully saturated rings. The molecule has 5 heteroatoms. The van der Waals surface area contributed by atoms with Gasteiger partial charge in [-0.2, -0.15) is 0 Å². The van der Waals surface area contributed by atoms with Crippen LogP contribution in [0.15, 0.2) is 70.3 Å². The number of hydrogen-bond donors (Lipinski definition) is 0. The van der Waals surface area contributed by atoms with Crippen LogP contribution in [0.1, 0.15) is 6.42 Å². The minimum atomic E-state index is -0.240. The van der Waals surface area contributed by atoms with Crippen LogP contribution in [0, 0.1) is 0 Å². The van der Waals surface area contributed by atoms with E-state index in [1.165, 1.54) is 11.8 Å². The molecule has 3 aromatic rings. The van der Waals surface area contributed by atoms with E-state index in [-0.39, 0.29) is 11.2 Å². The van der Waals surface area contributed by atoms with Crippen molar-refractivity contribution in [1.82, 2.24) is 4.98 Å². The normalized spacial score (nSPS) is 17.0. The third-order valence-electron chi connectivity index (χ3n) is 3.82. The molecule has 0 bridgehead atoms. The molecule has 0 amide bonds. The zero-order valence-corrected chi connectivity index (χ0v) is 13.7. The van der Waals surface area contributed by atoms with Crippen LogP contribution in [0.5, 0.6) is 0 Å². The van der Waals surface area contributed by atoms with E-state index >= 15 is 0 Å². The molecule has 1 aromatic heterocycles. The summed E-state index contributed by atoms with van der Waals surface area (Å²) in [5, 5.41) is 0.257. The second-order valence-corrected chi connectivity index (χ2v) is 6.61. The number of carbonyl (C=O) groups excluding carboxylic acids is 1. The number of ether oxygens (including phenoxy) is 1. The van der Waals surface area contributed by atoms with E-state index in [0.717, 1.165) is 22.6 Å². The maximum absolute atomic E-state index is 11.7. The van der Waals surface area contributed by atoms with E-state index in [1.807, 2.05) is 60.7 Å². The smallest absolute Gasteiger partial charge is 0.319 e. The molecule has 0 unspecified atom stereocenters. The van der Waals surface area contributed by atoms with E-state index in [9.17, 15) is 4.79 Å². The molecule has 2 heterocycles. The van der Waals surface area contributed by atoms with Gasteiger partial charge in [-0.25, -0.2) is 4.98 Å². The Balaban J connectivity index is 1.75. The van der Waals surface area contributed by atoms with Gasteiger partial charge in [0.05, 0.1) is 6.61 Å². The molecule has 0 radical (unpaired) electrons. The van der Waals surface area contributed by atoms with Gasteiger partial charge in [0.2, 0.25) is 0 Å². The average Bonchev–Trinajstić information content (AvgIpc) is 3.24. The third-order valence-corrected chi connectivity index (χ3v) is 4.91. The zero-order valence-electron chi connectivity index (χ0n) is 12.8. The molecule has 0 saturated carbocycles. The Bertz CT molecular complexity index is 789. The fourth-order valence-electron chi connectivity index (χ4n) is 2.63. The lowest BCUT2D eigenvalue weighted by atomic mass is 10.1. The minimum Gasteiger partial charge on any atom is -0.465 e. The lowest BCUT2D eigenvalue weighted by Gasteiger charge is -2.01. The van der Waals surface area contributed by atoms with Gasteiger partial charge in [-0.05, 0) is 0 Å². The molecule has 2 aromatic carbocycles. The second kappa shape index (κ2) is 6.53. The number of hydrogen-bond acceptors (Lipinski definition) is 5. The summed E-state index contributed by atoms with van der Waals surface area (Å²) in [4.78, 5) is 16.3. The topological polar surface area (TPSA) is 52.3 Å². The summed E-state index contributed by atoms with van der Waals surface area (Å²) >= 11 is 1.33. The number of cyclic esters (lactones) is 1. The van der Waals surface area contributed by atoms with E-state index in [4.69, 9.17) is 9.15 Å². The van der Waals surface area contributed by atoms with Gasteiger partial charge in [-0.1, -0.05) is 72.4 Å².